The van der Waals surface area contributed by atoms with Crippen LogP contribution in [0.5, 0.6) is 0 Å². The lowest BCUT2D eigenvalue weighted by atomic mass is 9.65. The highest BCUT2D eigenvalue weighted by Crippen LogP contribution is 2.46. The fourth-order valence-electron chi connectivity index (χ4n) is 6.77. The molecule has 296 valence electrons. The molecule has 2 aliphatic carbocycles. The minimum Gasteiger partial charge on any atom is -0.467 e. The molecule has 0 radical (unpaired) electrons. The van der Waals surface area contributed by atoms with E-state index in [-0.39, 0.29) is 40.5 Å². The number of nitrogens with zero attached hydrogens (tertiary/aromatic N) is 2. The van der Waals surface area contributed by atoms with Crippen LogP contribution in [0.15, 0.2) is 48.5 Å². The van der Waals surface area contributed by atoms with Gasteiger partial charge in [-0.1, -0.05) is 49.3 Å². The second-order valence-corrected chi connectivity index (χ2v) is 16.2. The Morgan fingerprint density at radius 3 is 1.44 bits per heavy atom. The van der Waals surface area contributed by atoms with Crippen LogP contribution in [0, 0.1) is 31.1 Å². The Bertz CT molecular complexity index is 1470. The average molecular weight is 805 g/mol. The number of carbonyl (C=O) groups is 3. The number of non-ortho nitro benzene ring substituents is 2. The number of esters is 2. The molecule has 2 unspecified atom stereocenters. The lowest BCUT2D eigenvalue weighted by molar-refractivity contribution is -0.385. The number of nitrogens with one attached hydrogen (secondary N) is 2. The summed E-state index contributed by atoms with van der Waals surface area (Å²) in [7, 11) is 2.64. The highest BCUT2D eigenvalue weighted by Gasteiger charge is 2.45. The maximum atomic E-state index is 12.9. The van der Waals surface area contributed by atoms with Crippen molar-refractivity contribution in [1.29, 1.82) is 0 Å². The Morgan fingerprint density at radius 2 is 1.11 bits per heavy atom. The zero-order chi connectivity index (χ0) is 39.7. The predicted molar refractivity (Wildman–Crippen MR) is 217 cm³/mol. The minimum absolute atomic E-state index is 0.00713. The SMILES string of the molecule is COC(=O)C(Cc1ccc([N+](=O)[O-])cc1)NC(=O)C1(CCCSC)CCC1.COC(=O)C(Cc1ccc([N+](=O)[O-])cc1)NC(=S)C1(CCCSC)CCC1. The Kier molecular flexibility index (Phi) is 18.1. The van der Waals surface area contributed by atoms with Gasteiger partial charge in [0, 0.05) is 47.9 Å². The van der Waals surface area contributed by atoms with Gasteiger partial charge < -0.3 is 20.1 Å². The van der Waals surface area contributed by atoms with Crippen LogP contribution in [0.1, 0.15) is 75.3 Å². The molecular weight excluding hydrogens is 753 g/mol. The number of nitro benzene ring substituents is 2. The number of ether oxygens (including phenoxy) is 2. The van der Waals surface area contributed by atoms with Crippen molar-refractivity contribution in [2.75, 3.05) is 38.2 Å². The van der Waals surface area contributed by atoms with Crippen LogP contribution in [0.4, 0.5) is 11.4 Å². The van der Waals surface area contributed by atoms with Crippen molar-refractivity contribution < 1.29 is 33.7 Å². The van der Waals surface area contributed by atoms with Gasteiger partial charge in [-0.2, -0.15) is 23.5 Å². The number of rotatable bonds is 20. The number of thiocarbonyl (C=S) groups is 1. The molecule has 16 heteroatoms. The molecule has 2 aromatic rings. The van der Waals surface area contributed by atoms with Crippen LogP contribution in [0.25, 0.3) is 0 Å². The lowest BCUT2D eigenvalue weighted by Gasteiger charge is -2.43. The van der Waals surface area contributed by atoms with Gasteiger partial charge in [0.2, 0.25) is 5.91 Å². The number of thioether (sulfide) groups is 2. The first-order valence-electron chi connectivity index (χ1n) is 18.1. The van der Waals surface area contributed by atoms with E-state index in [1.165, 1.54) is 38.5 Å². The minimum atomic E-state index is -0.804. The summed E-state index contributed by atoms with van der Waals surface area (Å²) in [6.07, 6.45) is 14.7. The molecule has 2 atom stereocenters. The summed E-state index contributed by atoms with van der Waals surface area (Å²) in [5.74, 6) is 1.13. The van der Waals surface area contributed by atoms with Crippen molar-refractivity contribution in [2.45, 2.75) is 89.1 Å². The molecule has 0 heterocycles. The van der Waals surface area contributed by atoms with Gasteiger partial charge in [-0.25, -0.2) is 9.59 Å². The van der Waals surface area contributed by atoms with Crippen molar-refractivity contribution in [3.63, 3.8) is 0 Å². The molecule has 4 rings (SSSR count). The van der Waals surface area contributed by atoms with E-state index in [1.807, 2.05) is 18.0 Å². The Morgan fingerprint density at radius 1 is 0.722 bits per heavy atom. The Hall–Kier alpha value is -3.76. The Balaban J connectivity index is 0.000000290. The van der Waals surface area contributed by atoms with Gasteiger partial charge in [0.15, 0.2) is 0 Å². The maximum absolute atomic E-state index is 12.9. The zero-order valence-electron chi connectivity index (χ0n) is 31.5. The van der Waals surface area contributed by atoms with E-state index in [2.05, 4.69) is 16.9 Å². The topological polar surface area (TPSA) is 180 Å². The molecular formula is C38H52N4O9S3. The number of amides is 1. The van der Waals surface area contributed by atoms with Crippen LogP contribution < -0.4 is 10.6 Å². The first kappa shape index (κ1) is 44.6. The molecule has 0 bridgehead atoms. The van der Waals surface area contributed by atoms with Crippen molar-refractivity contribution in [3.8, 4) is 0 Å². The second kappa shape index (κ2) is 22.0. The molecule has 0 aromatic heterocycles. The molecule has 1 amide bonds. The molecule has 2 saturated carbocycles. The van der Waals surface area contributed by atoms with Gasteiger partial charge in [0.25, 0.3) is 11.4 Å². The molecule has 2 aromatic carbocycles. The fraction of sp³-hybridized carbons (Fsp3) is 0.579. The number of methoxy groups -OCH3 is 2. The highest BCUT2D eigenvalue weighted by molar-refractivity contribution is 7.98. The number of hydrogen-bond donors (Lipinski definition) is 2. The number of benzene rings is 2. The first-order chi connectivity index (χ1) is 25.8. The molecule has 13 nitrogen and oxygen atoms in total. The summed E-state index contributed by atoms with van der Waals surface area (Å²) in [5, 5.41) is 27.7. The average Bonchev–Trinajstić information content (AvgIpc) is 3.13. The third-order valence-electron chi connectivity index (χ3n) is 10.3. The van der Waals surface area contributed by atoms with E-state index in [0.717, 1.165) is 91.8 Å². The zero-order valence-corrected chi connectivity index (χ0v) is 33.9. The molecule has 2 fully saturated rings. The fourth-order valence-corrected chi connectivity index (χ4v) is 8.09. The largest absolute Gasteiger partial charge is 0.467 e. The summed E-state index contributed by atoms with van der Waals surface area (Å²) in [4.78, 5) is 58.7. The van der Waals surface area contributed by atoms with E-state index < -0.39 is 27.9 Å². The van der Waals surface area contributed by atoms with Crippen molar-refractivity contribution in [1.82, 2.24) is 10.6 Å². The summed E-state index contributed by atoms with van der Waals surface area (Å²) >= 11 is 9.28. The second-order valence-electron chi connectivity index (χ2n) is 13.8. The van der Waals surface area contributed by atoms with E-state index in [9.17, 15) is 34.6 Å². The number of carbonyl (C=O) groups excluding carboxylic acids is 3. The standard InChI is InChI=1S/C19H26N2O5S.C19H26N2O4S2/c1-26-17(22)16(13-14-5-7-15(8-6-14)21(24)25)20-18(23)19(9-3-10-19)11-4-12-27-2;1-25-17(22)16(13-14-5-7-15(8-6-14)21(23)24)20-18(26)19(9-3-10-19)11-4-12-27-2/h5-8,16H,3-4,9-13H2,1-2H3,(H,20,23);5-8,16H,3-4,9-13H2,1-2H3,(H,20,26). The number of nitro groups is 2. The lowest BCUT2D eigenvalue weighted by Crippen LogP contribution is -2.52. The van der Waals surface area contributed by atoms with E-state index >= 15 is 0 Å². The summed E-state index contributed by atoms with van der Waals surface area (Å²) < 4.78 is 9.78. The normalized spacial score (nSPS) is 16.1. The molecule has 0 aliphatic heterocycles. The molecule has 0 spiro atoms. The summed E-state index contributed by atoms with van der Waals surface area (Å²) in [6, 6.07) is 10.8. The van der Waals surface area contributed by atoms with Gasteiger partial charge in [-0.05, 0) is 86.5 Å². The van der Waals surface area contributed by atoms with Gasteiger partial charge >= 0.3 is 11.9 Å². The molecule has 2 aliphatic rings. The third kappa shape index (κ3) is 12.7. The first-order valence-corrected chi connectivity index (χ1v) is 21.3. The van der Waals surface area contributed by atoms with E-state index in [4.69, 9.17) is 21.7 Å². The number of hydrogen-bond acceptors (Lipinski definition) is 12. The van der Waals surface area contributed by atoms with Gasteiger partial charge in [-0.15, -0.1) is 0 Å². The molecule has 0 saturated heterocycles. The van der Waals surface area contributed by atoms with Crippen molar-refractivity contribution in [2.24, 2.45) is 10.8 Å². The molecule has 54 heavy (non-hydrogen) atoms. The molecule has 2 N–H and O–H groups in total. The monoisotopic (exact) mass is 804 g/mol. The van der Waals surface area contributed by atoms with Gasteiger partial charge in [0.1, 0.15) is 12.1 Å². The third-order valence-corrected chi connectivity index (χ3v) is 12.3. The van der Waals surface area contributed by atoms with Crippen LogP contribution >= 0.6 is 35.7 Å². The van der Waals surface area contributed by atoms with Crippen molar-refractivity contribution in [3.05, 3.63) is 79.9 Å². The van der Waals surface area contributed by atoms with Gasteiger partial charge in [-0.3, -0.25) is 25.0 Å². The maximum Gasteiger partial charge on any atom is 0.328 e. The van der Waals surface area contributed by atoms with E-state index in [0.29, 0.717) is 6.42 Å². The predicted octanol–water partition coefficient (Wildman–Crippen LogP) is 7.02. The Labute approximate surface area is 331 Å². The summed E-state index contributed by atoms with van der Waals surface area (Å²) in [6.45, 7) is 0. The van der Waals surface area contributed by atoms with E-state index in [1.54, 1.807) is 36.0 Å². The van der Waals surface area contributed by atoms with Crippen molar-refractivity contribution >= 4 is 70.0 Å². The van der Waals surface area contributed by atoms with Crippen LogP contribution in [0.3, 0.4) is 0 Å². The summed E-state index contributed by atoms with van der Waals surface area (Å²) in [5.41, 5.74) is 1.17. The van der Waals surface area contributed by atoms with Crippen LogP contribution in [-0.4, -0.2) is 83.0 Å². The highest BCUT2D eigenvalue weighted by atomic mass is 32.2. The smallest absolute Gasteiger partial charge is 0.328 e. The van der Waals surface area contributed by atoms with Crippen LogP contribution in [0.2, 0.25) is 0 Å². The van der Waals surface area contributed by atoms with Gasteiger partial charge in [0.05, 0.1) is 29.1 Å². The van der Waals surface area contributed by atoms with Crippen LogP contribution in [-0.2, 0) is 36.7 Å². The quantitative estimate of drug-likeness (QED) is 0.0459.